The largest absolute Gasteiger partial charge is 0.324 e. The van der Waals surface area contributed by atoms with Gasteiger partial charge in [-0.3, -0.25) is 4.79 Å². The van der Waals surface area contributed by atoms with E-state index in [2.05, 4.69) is 50.5 Å². The van der Waals surface area contributed by atoms with E-state index in [4.69, 9.17) is 23.2 Å². The van der Waals surface area contributed by atoms with Crippen molar-refractivity contribution in [3.05, 3.63) is 25.3 Å². The average Bonchev–Trinajstić information content (AvgIpc) is 2.01. The molecule has 0 atom stereocenters. The molecule has 76 valence electrons. The fraction of sp³-hybridized carbons (Fsp3) is 0.125. The first-order chi connectivity index (χ1) is 6.49. The highest BCUT2D eigenvalue weighted by Gasteiger charge is 2.11. The van der Waals surface area contributed by atoms with Crippen LogP contribution in [0.3, 0.4) is 0 Å². The van der Waals surface area contributed by atoms with E-state index in [1.54, 1.807) is 0 Å². The van der Waals surface area contributed by atoms with E-state index in [9.17, 15) is 4.79 Å². The van der Waals surface area contributed by atoms with E-state index in [1.807, 2.05) is 18.2 Å². The molecule has 0 heterocycles. The summed E-state index contributed by atoms with van der Waals surface area (Å²) < 4.78 is 2.09. The maximum atomic E-state index is 11.2. The molecule has 2 nitrogen and oxygen atoms in total. The van der Waals surface area contributed by atoms with Crippen molar-refractivity contribution in [1.82, 2.24) is 0 Å². The van der Waals surface area contributed by atoms with Gasteiger partial charge in [0.05, 0.1) is 0 Å². The lowest BCUT2D eigenvalue weighted by atomic mass is 10.3. The number of rotatable bonds is 2. The van der Waals surface area contributed by atoms with E-state index in [1.165, 1.54) is 0 Å². The highest BCUT2D eigenvalue weighted by molar-refractivity contribution is 14.1. The predicted octanol–water partition coefficient (Wildman–Crippen LogP) is 3.64. The predicted molar refractivity (Wildman–Crippen MR) is 76.0 cm³/mol. The second kappa shape index (κ2) is 5.72. The number of alkyl halides is 2. The van der Waals surface area contributed by atoms with Crippen molar-refractivity contribution in [2.75, 3.05) is 5.32 Å². The average molecular weight is 456 g/mol. The van der Waals surface area contributed by atoms with Gasteiger partial charge in [-0.05, 0) is 63.4 Å². The topological polar surface area (TPSA) is 29.1 Å². The number of benzene rings is 1. The molecule has 6 heteroatoms. The smallest absolute Gasteiger partial charge is 0.257 e. The summed E-state index contributed by atoms with van der Waals surface area (Å²) in [6, 6.07) is 5.68. The molecule has 0 saturated carbocycles. The van der Waals surface area contributed by atoms with Gasteiger partial charge in [0.2, 0.25) is 0 Å². The monoisotopic (exact) mass is 455 g/mol. The van der Waals surface area contributed by atoms with Gasteiger partial charge < -0.3 is 5.32 Å². The zero-order chi connectivity index (χ0) is 10.7. The molecule has 0 unspecified atom stereocenters. The number of amides is 1. The lowest BCUT2D eigenvalue weighted by molar-refractivity contribution is -0.114. The quantitative estimate of drug-likeness (QED) is 0.535. The minimum Gasteiger partial charge on any atom is -0.324 e. The van der Waals surface area contributed by atoms with Gasteiger partial charge >= 0.3 is 0 Å². The number of anilines is 1. The first kappa shape index (κ1) is 12.8. The Morgan fingerprint density at radius 1 is 1.21 bits per heavy atom. The van der Waals surface area contributed by atoms with E-state index < -0.39 is 10.7 Å². The third kappa shape index (κ3) is 4.08. The van der Waals surface area contributed by atoms with Crippen LogP contribution < -0.4 is 5.32 Å². The van der Waals surface area contributed by atoms with Crippen molar-refractivity contribution in [2.45, 2.75) is 4.84 Å². The molecule has 1 amide bonds. The molecule has 0 bridgehead atoms. The lowest BCUT2D eigenvalue weighted by Crippen LogP contribution is -2.18. The number of hydrogen-bond acceptors (Lipinski definition) is 1. The highest BCUT2D eigenvalue weighted by atomic mass is 127. The number of hydrogen-bond donors (Lipinski definition) is 1. The van der Waals surface area contributed by atoms with Crippen molar-refractivity contribution in [3.63, 3.8) is 0 Å². The molecule has 0 saturated heterocycles. The third-order valence-corrected chi connectivity index (χ3v) is 2.97. The van der Waals surface area contributed by atoms with Crippen LogP contribution in [0.2, 0.25) is 0 Å². The summed E-state index contributed by atoms with van der Waals surface area (Å²) in [4.78, 5) is 10.1. The Hall–Kier alpha value is 0.730. The molecule has 1 aromatic carbocycles. The zero-order valence-electron chi connectivity index (χ0n) is 6.73. The van der Waals surface area contributed by atoms with Gasteiger partial charge in [0.25, 0.3) is 5.91 Å². The first-order valence-electron chi connectivity index (χ1n) is 3.54. The van der Waals surface area contributed by atoms with Gasteiger partial charge in [0.1, 0.15) is 0 Å². The third-order valence-electron chi connectivity index (χ3n) is 1.33. The van der Waals surface area contributed by atoms with Crippen LogP contribution in [0, 0.1) is 7.14 Å². The van der Waals surface area contributed by atoms with Crippen LogP contribution in [0.15, 0.2) is 18.2 Å². The molecule has 0 radical (unpaired) electrons. The molecule has 0 aliphatic heterocycles. The maximum Gasteiger partial charge on any atom is 0.257 e. The van der Waals surface area contributed by atoms with Crippen molar-refractivity contribution in [2.24, 2.45) is 0 Å². The highest BCUT2D eigenvalue weighted by Crippen LogP contribution is 2.19. The van der Waals surface area contributed by atoms with Gasteiger partial charge in [-0.15, -0.1) is 0 Å². The van der Waals surface area contributed by atoms with Gasteiger partial charge in [0.15, 0.2) is 4.84 Å². The van der Waals surface area contributed by atoms with Crippen molar-refractivity contribution >= 4 is 80.0 Å². The summed E-state index contributed by atoms with van der Waals surface area (Å²) >= 11 is 15.2. The SMILES string of the molecule is O=C(Nc1cc(I)cc(I)c1)C(Cl)Cl. The minimum atomic E-state index is -1.04. The van der Waals surface area contributed by atoms with Crippen LogP contribution in [0.25, 0.3) is 0 Å². The number of carbonyl (C=O) groups excluding carboxylic acids is 1. The Morgan fingerprint density at radius 2 is 1.71 bits per heavy atom. The second-order valence-corrected chi connectivity index (χ2v) is 6.04. The van der Waals surface area contributed by atoms with E-state index >= 15 is 0 Å². The van der Waals surface area contributed by atoms with Crippen LogP contribution in [0.4, 0.5) is 5.69 Å². The van der Waals surface area contributed by atoms with E-state index in [0.717, 1.165) is 7.14 Å². The van der Waals surface area contributed by atoms with Crippen LogP contribution in [-0.4, -0.2) is 10.7 Å². The molecule has 14 heavy (non-hydrogen) atoms. The maximum absolute atomic E-state index is 11.2. The molecule has 0 aromatic heterocycles. The Labute approximate surface area is 119 Å². The molecule has 0 aliphatic carbocycles. The zero-order valence-corrected chi connectivity index (χ0v) is 12.6. The van der Waals surface area contributed by atoms with Gasteiger partial charge in [-0.25, -0.2) is 0 Å². The molecule has 0 spiro atoms. The van der Waals surface area contributed by atoms with Crippen LogP contribution >= 0.6 is 68.4 Å². The Bertz CT molecular complexity index is 337. The summed E-state index contributed by atoms with van der Waals surface area (Å²) in [5.41, 5.74) is 0.706. The van der Waals surface area contributed by atoms with Gasteiger partial charge in [0, 0.05) is 12.8 Å². The first-order valence-corrected chi connectivity index (χ1v) is 6.57. The van der Waals surface area contributed by atoms with Gasteiger partial charge in [-0.1, -0.05) is 23.2 Å². The molecule has 1 aromatic rings. The summed E-state index contributed by atoms with van der Waals surface area (Å²) in [6.07, 6.45) is 0. The van der Waals surface area contributed by atoms with Crippen molar-refractivity contribution in [1.29, 1.82) is 0 Å². The van der Waals surface area contributed by atoms with Crippen LogP contribution in [0.1, 0.15) is 0 Å². The van der Waals surface area contributed by atoms with Crippen LogP contribution in [0.5, 0.6) is 0 Å². The molecule has 1 N–H and O–H groups in total. The molecular formula is C8H5Cl2I2NO. The normalized spacial score (nSPS) is 10.4. The summed E-state index contributed by atoms with van der Waals surface area (Å²) in [7, 11) is 0. The molecule has 0 fully saturated rings. The van der Waals surface area contributed by atoms with Crippen molar-refractivity contribution in [3.8, 4) is 0 Å². The standard InChI is InChI=1S/C8H5Cl2I2NO/c9-7(10)8(14)13-6-2-4(11)1-5(12)3-6/h1-3,7H,(H,13,14). The van der Waals surface area contributed by atoms with Crippen molar-refractivity contribution < 1.29 is 4.79 Å². The van der Waals surface area contributed by atoms with Crippen LogP contribution in [-0.2, 0) is 4.79 Å². The molecular weight excluding hydrogens is 451 g/mol. The Balaban J connectivity index is 2.82. The van der Waals surface area contributed by atoms with Gasteiger partial charge in [-0.2, -0.15) is 0 Å². The summed E-state index contributed by atoms with van der Waals surface area (Å²) in [5, 5.41) is 2.61. The minimum absolute atomic E-state index is 0.411. The molecule has 0 aliphatic rings. The fourth-order valence-electron chi connectivity index (χ4n) is 0.823. The van der Waals surface area contributed by atoms with E-state index in [-0.39, 0.29) is 0 Å². The number of halogens is 4. The molecule has 1 rings (SSSR count). The second-order valence-electron chi connectivity index (χ2n) is 2.45. The Morgan fingerprint density at radius 3 is 2.14 bits per heavy atom. The summed E-state index contributed by atoms with van der Waals surface area (Å²) in [5.74, 6) is -0.411. The number of carbonyl (C=O) groups is 1. The summed E-state index contributed by atoms with van der Waals surface area (Å²) in [6.45, 7) is 0. The fourth-order valence-corrected chi connectivity index (χ4v) is 2.87. The van der Waals surface area contributed by atoms with E-state index in [0.29, 0.717) is 5.69 Å². The lowest BCUT2D eigenvalue weighted by Gasteiger charge is -2.06. The Kier molecular flexibility index (Phi) is 5.22. The number of nitrogens with one attached hydrogen (secondary N) is 1.